The molecule has 0 aliphatic rings. The highest BCUT2D eigenvalue weighted by Gasteiger charge is 2.15. The van der Waals surface area contributed by atoms with Gasteiger partial charge in [0.15, 0.2) is 0 Å². The van der Waals surface area contributed by atoms with Crippen molar-refractivity contribution in [2.75, 3.05) is 20.8 Å². The Morgan fingerprint density at radius 2 is 2.07 bits per heavy atom. The molecule has 0 spiro atoms. The van der Waals surface area contributed by atoms with Crippen LogP contribution in [-0.2, 0) is 14.3 Å². The molecule has 0 aliphatic carbocycles. The van der Waals surface area contributed by atoms with Gasteiger partial charge >= 0.3 is 5.97 Å². The molecular weight excluding hydrogens is 194 g/mol. The van der Waals surface area contributed by atoms with Crippen molar-refractivity contribution in [1.82, 2.24) is 5.32 Å². The lowest BCUT2D eigenvalue weighted by Gasteiger charge is -2.15. The molecule has 0 bridgehead atoms. The van der Waals surface area contributed by atoms with E-state index in [0.29, 0.717) is 0 Å². The lowest BCUT2D eigenvalue weighted by Crippen LogP contribution is -2.37. The molecule has 4 heteroatoms. The fourth-order valence-corrected chi connectivity index (χ4v) is 1.32. The third kappa shape index (κ3) is 6.47. The molecule has 0 saturated heterocycles. The van der Waals surface area contributed by atoms with E-state index in [9.17, 15) is 4.79 Å². The fourth-order valence-electron chi connectivity index (χ4n) is 1.32. The summed E-state index contributed by atoms with van der Waals surface area (Å²) in [6, 6.07) is -0.173. The first-order valence-corrected chi connectivity index (χ1v) is 5.49. The van der Waals surface area contributed by atoms with Crippen LogP contribution < -0.4 is 5.32 Å². The van der Waals surface area contributed by atoms with E-state index < -0.39 is 0 Å². The van der Waals surface area contributed by atoms with Crippen LogP contribution in [0.2, 0.25) is 0 Å². The lowest BCUT2D eigenvalue weighted by atomic mass is 10.2. The van der Waals surface area contributed by atoms with Gasteiger partial charge in [0.1, 0.15) is 6.04 Å². The fraction of sp³-hybridized carbons (Fsp3) is 0.909. The molecule has 0 amide bonds. The number of carbonyl (C=O) groups excluding carboxylic acids is 1. The Morgan fingerprint density at radius 3 is 2.53 bits per heavy atom. The average molecular weight is 217 g/mol. The minimum absolute atomic E-state index is 0.173. The Kier molecular flexibility index (Phi) is 8.33. The Hall–Kier alpha value is -0.610. The van der Waals surface area contributed by atoms with Crippen molar-refractivity contribution in [1.29, 1.82) is 0 Å². The second-order valence-corrected chi connectivity index (χ2v) is 3.63. The molecule has 4 nitrogen and oxygen atoms in total. The number of nitrogens with one attached hydrogen (secondary N) is 1. The zero-order valence-electron chi connectivity index (χ0n) is 10.2. The van der Waals surface area contributed by atoms with Gasteiger partial charge in [-0.15, -0.1) is 0 Å². The van der Waals surface area contributed by atoms with Gasteiger partial charge in [-0.05, 0) is 32.7 Å². The number of ether oxygens (including phenoxy) is 2. The molecule has 0 heterocycles. The van der Waals surface area contributed by atoms with Crippen molar-refractivity contribution in [2.45, 2.75) is 45.3 Å². The minimum Gasteiger partial charge on any atom is -0.468 e. The van der Waals surface area contributed by atoms with E-state index in [1.165, 1.54) is 7.11 Å². The van der Waals surface area contributed by atoms with E-state index in [1.54, 1.807) is 7.11 Å². The van der Waals surface area contributed by atoms with Gasteiger partial charge in [-0.1, -0.05) is 6.92 Å². The maximum absolute atomic E-state index is 11.2. The summed E-state index contributed by atoms with van der Waals surface area (Å²) in [5.41, 5.74) is 0. The SMILES string of the molecule is CCC(NCCCC(C)OC)C(=O)OC. The molecular formula is C11H23NO3. The third-order valence-electron chi connectivity index (χ3n) is 2.47. The molecule has 0 aromatic rings. The van der Waals surface area contributed by atoms with Crippen molar-refractivity contribution in [3.05, 3.63) is 0 Å². The van der Waals surface area contributed by atoms with Crippen molar-refractivity contribution < 1.29 is 14.3 Å². The van der Waals surface area contributed by atoms with Gasteiger partial charge in [0.2, 0.25) is 0 Å². The number of hydrogen-bond donors (Lipinski definition) is 1. The molecule has 0 fully saturated rings. The van der Waals surface area contributed by atoms with Gasteiger partial charge in [-0.25, -0.2) is 0 Å². The summed E-state index contributed by atoms with van der Waals surface area (Å²) in [6.07, 6.45) is 3.04. The Balaban J connectivity index is 3.59. The molecule has 0 aromatic carbocycles. The number of rotatable bonds is 8. The topological polar surface area (TPSA) is 47.6 Å². The largest absolute Gasteiger partial charge is 0.468 e. The van der Waals surface area contributed by atoms with Gasteiger partial charge < -0.3 is 14.8 Å². The minimum atomic E-state index is -0.183. The van der Waals surface area contributed by atoms with Crippen molar-refractivity contribution in [3.63, 3.8) is 0 Å². The van der Waals surface area contributed by atoms with E-state index in [-0.39, 0.29) is 18.1 Å². The van der Waals surface area contributed by atoms with Crippen LogP contribution in [0.3, 0.4) is 0 Å². The number of esters is 1. The standard InChI is InChI=1S/C11H23NO3/c1-5-10(11(13)15-4)12-8-6-7-9(2)14-3/h9-10,12H,5-8H2,1-4H3. The van der Waals surface area contributed by atoms with Gasteiger partial charge in [-0.2, -0.15) is 0 Å². The summed E-state index contributed by atoms with van der Waals surface area (Å²) in [7, 11) is 3.13. The molecule has 2 unspecified atom stereocenters. The summed E-state index contributed by atoms with van der Waals surface area (Å²) < 4.78 is 9.81. The molecule has 0 radical (unpaired) electrons. The average Bonchev–Trinajstić information content (AvgIpc) is 2.27. The summed E-state index contributed by atoms with van der Waals surface area (Å²) in [6.45, 7) is 4.82. The summed E-state index contributed by atoms with van der Waals surface area (Å²) >= 11 is 0. The molecule has 90 valence electrons. The van der Waals surface area contributed by atoms with Crippen LogP contribution in [0.1, 0.15) is 33.1 Å². The van der Waals surface area contributed by atoms with Crippen LogP contribution in [0.15, 0.2) is 0 Å². The third-order valence-corrected chi connectivity index (χ3v) is 2.47. The summed E-state index contributed by atoms with van der Waals surface area (Å²) in [4.78, 5) is 11.2. The first-order chi connectivity index (χ1) is 7.15. The Bertz CT molecular complexity index is 173. The van der Waals surface area contributed by atoms with E-state index >= 15 is 0 Å². The van der Waals surface area contributed by atoms with Crippen LogP contribution in [0.25, 0.3) is 0 Å². The molecule has 0 rings (SSSR count). The Morgan fingerprint density at radius 1 is 1.40 bits per heavy atom. The molecule has 15 heavy (non-hydrogen) atoms. The smallest absolute Gasteiger partial charge is 0.322 e. The van der Waals surface area contributed by atoms with Gasteiger partial charge in [0.25, 0.3) is 0 Å². The number of methoxy groups -OCH3 is 2. The van der Waals surface area contributed by atoms with E-state index in [2.05, 4.69) is 10.1 Å². The normalized spacial score (nSPS) is 14.7. The zero-order chi connectivity index (χ0) is 11.7. The molecule has 2 atom stereocenters. The van der Waals surface area contributed by atoms with Crippen molar-refractivity contribution >= 4 is 5.97 Å². The highest BCUT2D eigenvalue weighted by molar-refractivity contribution is 5.75. The molecule has 0 aromatic heterocycles. The van der Waals surface area contributed by atoms with Crippen molar-refractivity contribution in [2.24, 2.45) is 0 Å². The molecule has 1 N–H and O–H groups in total. The lowest BCUT2D eigenvalue weighted by molar-refractivity contribution is -0.143. The van der Waals surface area contributed by atoms with Crippen LogP contribution in [0.4, 0.5) is 0 Å². The quantitative estimate of drug-likeness (QED) is 0.492. The van der Waals surface area contributed by atoms with Crippen LogP contribution in [0, 0.1) is 0 Å². The summed E-state index contributed by atoms with van der Waals surface area (Å²) in [5, 5.41) is 3.17. The molecule has 0 aliphatic heterocycles. The van der Waals surface area contributed by atoms with Crippen LogP contribution in [0.5, 0.6) is 0 Å². The first kappa shape index (κ1) is 14.4. The van der Waals surface area contributed by atoms with Gasteiger partial charge in [-0.3, -0.25) is 4.79 Å². The summed E-state index contributed by atoms with van der Waals surface area (Å²) in [5.74, 6) is -0.183. The van der Waals surface area contributed by atoms with Crippen LogP contribution in [-0.4, -0.2) is 38.9 Å². The van der Waals surface area contributed by atoms with Crippen LogP contribution >= 0.6 is 0 Å². The predicted molar refractivity (Wildman–Crippen MR) is 59.8 cm³/mol. The highest BCUT2D eigenvalue weighted by atomic mass is 16.5. The number of carbonyl (C=O) groups is 1. The highest BCUT2D eigenvalue weighted by Crippen LogP contribution is 2.00. The molecule has 0 saturated carbocycles. The van der Waals surface area contributed by atoms with E-state index in [4.69, 9.17) is 4.74 Å². The monoisotopic (exact) mass is 217 g/mol. The van der Waals surface area contributed by atoms with Gasteiger partial charge in [0.05, 0.1) is 13.2 Å². The first-order valence-electron chi connectivity index (χ1n) is 5.49. The predicted octanol–water partition coefficient (Wildman–Crippen LogP) is 1.34. The van der Waals surface area contributed by atoms with E-state index in [0.717, 1.165) is 25.8 Å². The number of hydrogen-bond acceptors (Lipinski definition) is 4. The van der Waals surface area contributed by atoms with E-state index in [1.807, 2.05) is 13.8 Å². The maximum atomic E-state index is 11.2. The van der Waals surface area contributed by atoms with Gasteiger partial charge in [0, 0.05) is 7.11 Å². The second kappa shape index (κ2) is 8.68. The Labute approximate surface area is 92.3 Å². The zero-order valence-corrected chi connectivity index (χ0v) is 10.2. The maximum Gasteiger partial charge on any atom is 0.322 e. The second-order valence-electron chi connectivity index (χ2n) is 3.63. The van der Waals surface area contributed by atoms with Crippen molar-refractivity contribution in [3.8, 4) is 0 Å².